The molecule has 0 aromatic heterocycles. The van der Waals surface area contributed by atoms with Gasteiger partial charge >= 0.3 is 5.97 Å². The van der Waals surface area contributed by atoms with Crippen LogP contribution in [0.2, 0.25) is 0 Å². The van der Waals surface area contributed by atoms with E-state index < -0.39 is 17.9 Å². The molecule has 0 heterocycles. The predicted octanol–water partition coefficient (Wildman–Crippen LogP) is 0.0453. The van der Waals surface area contributed by atoms with Gasteiger partial charge in [-0.2, -0.15) is 0 Å². The van der Waals surface area contributed by atoms with Crippen molar-refractivity contribution in [1.82, 2.24) is 4.90 Å². The second-order valence-corrected chi connectivity index (χ2v) is 3.45. The van der Waals surface area contributed by atoms with Crippen LogP contribution in [-0.4, -0.2) is 40.5 Å². The lowest BCUT2D eigenvalue weighted by Gasteiger charge is -2.30. The number of carbonyl (C=O) groups excluding carboxylic acids is 1. The van der Waals surface area contributed by atoms with Crippen molar-refractivity contribution in [3.8, 4) is 0 Å². The Labute approximate surface area is 83.9 Å². The number of hydrogen-bond acceptors (Lipinski definition) is 3. The van der Waals surface area contributed by atoms with Crippen LogP contribution in [0.15, 0.2) is 0 Å². The maximum absolute atomic E-state index is 10.9. The van der Waals surface area contributed by atoms with E-state index in [0.29, 0.717) is 6.54 Å². The maximum Gasteiger partial charge on any atom is 0.321 e. The first kappa shape index (κ1) is 12.9. The summed E-state index contributed by atoms with van der Waals surface area (Å²) in [4.78, 5) is 23.3. The van der Waals surface area contributed by atoms with E-state index in [2.05, 4.69) is 0 Å². The summed E-state index contributed by atoms with van der Waals surface area (Å²) in [5, 5.41) is 8.92. The summed E-state index contributed by atoms with van der Waals surface area (Å²) in [6, 6.07) is -0.724. The zero-order chi connectivity index (χ0) is 11.3. The number of carboxylic acids is 1. The minimum Gasteiger partial charge on any atom is -0.480 e. The lowest BCUT2D eigenvalue weighted by atomic mass is 10.1. The Morgan fingerprint density at radius 1 is 1.43 bits per heavy atom. The summed E-state index contributed by atoms with van der Waals surface area (Å²) in [5.74, 6) is -1.59. The zero-order valence-electron chi connectivity index (χ0n) is 8.86. The van der Waals surface area contributed by atoms with E-state index in [0.717, 1.165) is 0 Å². The highest BCUT2D eigenvalue weighted by atomic mass is 16.4. The highest BCUT2D eigenvalue weighted by Gasteiger charge is 2.27. The van der Waals surface area contributed by atoms with Crippen molar-refractivity contribution in [2.24, 2.45) is 5.73 Å². The SMILES string of the molecule is CCN(C(C)C)C(CC(N)=O)C(=O)O. The first-order chi connectivity index (χ1) is 6.40. The molecule has 14 heavy (non-hydrogen) atoms. The van der Waals surface area contributed by atoms with E-state index in [9.17, 15) is 9.59 Å². The minimum absolute atomic E-state index is 0.0837. The molecular weight excluding hydrogens is 184 g/mol. The van der Waals surface area contributed by atoms with Crippen molar-refractivity contribution in [1.29, 1.82) is 0 Å². The molecule has 0 radical (unpaired) electrons. The van der Waals surface area contributed by atoms with Gasteiger partial charge in [-0.1, -0.05) is 6.92 Å². The van der Waals surface area contributed by atoms with Crippen molar-refractivity contribution in [3.63, 3.8) is 0 Å². The second-order valence-electron chi connectivity index (χ2n) is 3.45. The van der Waals surface area contributed by atoms with Gasteiger partial charge in [0.1, 0.15) is 6.04 Å². The molecule has 82 valence electrons. The molecule has 0 aliphatic heterocycles. The summed E-state index contributed by atoms with van der Waals surface area (Å²) >= 11 is 0. The Bertz CT molecular complexity index is 216. The standard InChI is InChI=1S/C9H18N2O3/c1-4-11(6(2)3)7(9(13)14)5-8(10)12/h6-7H,4-5H2,1-3H3,(H2,10,12)(H,13,14). The fourth-order valence-electron chi connectivity index (χ4n) is 1.48. The van der Waals surface area contributed by atoms with Gasteiger partial charge in [-0.25, -0.2) is 0 Å². The Balaban J connectivity index is 4.60. The van der Waals surface area contributed by atoms with Gasteiger partial charge in [0.25, 0.3) is 0 Å². The number of nitrogens with two attached hydrogens (primary N) is 1. The molecule has 3 N–H and O–H groups in total. The summed E-state index contributed by atoms with van der Waals surface area (Å²) in [7, 11) is 0. The van der Waals surface area contributed by atoms with Crippen LogP contribution in [0, 0.1) is 0 Å². The largest absolute Gasteiger partial charge is 0.480 e. The van der Waals surface area contributed by atoms with Gasteiger partial charge in [0, 0.05) is 6.04 Å². The highest BCUT2D eigenvalue weighted by Crippen LogP contribution is 2.08. The third-order valence-electron chi connectivity index (χ3n) is 2.11. The lowest BCUT2D eigenvalue weighted by molar-refractivity contribution is -0.146. The summed E-state index contributed by atoms with van der Waals surface area (Å²) < 4.78 is 0. The van der Waals surface area contributed by atoms with E-state index in [4.69, 9.17) is 10.8 Å². The quantitative estimate of drug-likeness (QED) is 0.637. The zero-order valence-corrected chi connectivity index (χ0v) is 8.86. The number of primary amides is 1. The predicted molar refractivity (Wildman–Crippen MR) is 52.8 cm³/mol. The summed E-state index contributed by atoms with van der Waals surface area (Å²) in [6.07, 6.45) is -0.138. The number of aliphatic carboxylic acids is 1. The molecule has 0 rings (SSSR count). The van der Waals surface area contributed by atoms with Gasteiger partial charge in [0.15, 0.2) is 0 Å². The topological polar surface area (TPSA) is 83.6 Å². The average molecular weight is 202 g/mol. The monoisotopic (exact) mass is 202 g/mol. The van der Waals surface area contributed by atoms with Crippen molar-refractivity contribution < 1.29 is 14.7 Å². The fourth-order valence-corrected chi connectivity index (χ4v) is 1.48. The van der Waals surface area contributed by atoms with Gasteiger partial charge in [0.05, 0.1) is 6.42 Å². The molecule has 5 heteroatoms. The van der Waals surface area contributed by atoms with Crippen LogP contribution in [0.4, 0.5) is 0 Å². The van der Waals surface area contributed by atoms with E-state index >= 15 is 0 Å². The molecule has 5 nitrogen and oxygen atoms in total. The van der Waals surface area contributed by atoms with Crippen LogP contribution in [0.5, 0.6) is 0 Å². The number of likely N-dealkylation sites (N-methyl/N-ethyl adjacent to an activating group) is 1. The first-order valence-corrected chi connectivity index (χ1v) is 4.67. The molecular formula is C9H18N2O3. The third kappa shape index (κ3) is 3.74. The Hall–Kier alpha value is -1.10. The Kier molecular flexibility index (Phi) is 5.15. The van der Waals surface area contributed by atoms with Crippen LogP contribution >= 0.6 is 0 Å². The normalized spacial score (nSPS) is 13.2. The molecule has 0 aliphatic rings. The number of rotatable bonds is 6. The number of carbonyl (C=O) groups is 2. The van der Waals surface area contributed by atoms with Crippen LogP contribution in [0.1, 0.15) is 27.2 Å². The van der Waals surface area contributed by atoms with Gasteiger partial charge < -0.3 is 10.8 Å². The molecule has 1 amide bonds. The van der Waals surface area contributed by atoms with Crippen molar-refractivity contribution >= 4 is 11.9 Å². The molecule has 0 aromatic carbocycles. The van der Waals surface area contributed by atoms with E-state index in [-0.39, 0.29) is 12.5 Å². The molecule has 0 saturated heterocycles. The molecule has 0 spiro atoms. The molecule has 1 unspecified atom stereocenters. The summed E-state index contributed by atoms with van der Waals surface area (Å²) in [5.41, 5.74) is 4.99. The highest BCUT2D eigenvalue weighted by molar-refractivity contribution is 5.83. The number of amides is 1. The van der Waals surface area contributed by atoms with Crippen LogP contribution in [-0.2, 0) is 9.59 Å². The first-order valence-electron chi connectivity index (χ1n) is 4.67. The van der Waals surface area contributed by atoms with E-state index in [1.54, 1.807) is 4.90 Å². The van der Waals surface area contributed by atoms with E-state index in [1.165, 1.54) is 0 Å². The number of hydrogen-bond donors (Lipinski definition) is 2. The summed E-state index contributed by atoms with van der Waals surface area (Å²) in [6.45, 7) is 6.22. The van der Waals surface area contributed by atoms with Crippen LogP contribution in [0.25, 0.3) is 0 Å². The molecule has 0 aromatic rings. The molecule has 0 bridgehead atoms. The molecule has 0 aliphatic carbocycles. The van der Waals surface area contributed by atoms with Crippen molar-refractivity contribution in [2.75, 3.05) is 6.54 Å². The minimum atomic E-state index is -1.00. The van der Waals surface area contributed by atoms with Gasteiger partial charge in [-0.15, -0.1) is 0 Å². The van der Waals surface area contributed by atoms with Crippen LogP contribution in [0.3, 0.4) is 0 Å². The van der Waals surface area contributed by atoms with Crippen molar-refractivity contribution in [3.05, 3.63) is 0 Å². The van der Waals surface area contributed by atoms with Gasteiger partial charge in [-0.05, 0) is 20.4 Å². The smallest absolute Gasteiger partial charge is 0.321 e. The maximum atomic E-state index is 10.9. The lowest BCUT2D eigenvalue weighted by Crippen LogP contribution is -2.47. The third-order valence-corrected chi connectivity index (χ3v) is 2.11. The number of carboxylic acid groups (broad SMARTS) is 1. The Morgan fingerprint density at radius 3 is 2.14 bits per heavy atom. The van der Waals surface area contributed by atoms with Crippen molar-refractivity contribution in [2.45, 2.75) is 39.3 Å². The fraction of sp³-hybridized carbons (Fsp3) is 0.778. The molecule has 0 fully saturated rings. The average Bonchev–Trinajstić information content (AvgIpc) is 2.02. The Morgan fingerprint density at radius 2 is 1.93 bits per heavy atom. The van der Waals surface area contributed by atoms with E-state index in [1.807, 2.05) is 20.8 Å². The van der Waals surface area contributed by atoms with Gasteiger partial charge in [-0.3, -0.25) is 14.5 Å². The number of nitrogens with zero attached hydrogens (tertiary/aromatic N) is 1. The van der Waals surface area contributed by atoms with Crippen LogP contribution < -0.4 is 5.73 Å². The van der Waals surface area contributed by atoms with Gasteiger partial charge in [0.2, 0.25) is 5.91 Å². The molecule has 0 saturated carbocycles. The molecule has 1 atom stereocenters. The second kappa shape index (κ2) is 5.59.